The monoisotopic (exact) mass is 424 g/mol. The van der Waals surface area contributed by atoms with E-state index >= 15 is 0 Å². The van der Waals surface area contributed by atoms with Gasteiger partial charge < -0.3 is 20.4 Å². The molecule has 1 aromatic carbocycles. The molecule has 2 aliphatic rings. The maximum atomic E-state index is 12.6. The number of amides is 4. The molecule has 0 spiro atoms. The van der Waals surface area contributed by atoms with Crippen molar-refractivity contribution < 1.29 is 14.4 Å². The summed E-state index contributed by atoms with van der Waals surface area (Å²) < 4.78 is 1.59. The van der Waals surface area contributed by atoms with E-state index in [0.29, 0.717) is 42.7 Å². The lowest BCUT2D eigenvalue weighted by atomic mass is 10.0. The summed E-state index contributed by atoms with van der Waals surface area (Å²) >= 11 is 0. The Bertz CT molecular complexity index is 940. The van der Waals surface area contributed by atoms with Crippen LogP contribution in [0, 0.1) is 0 Å². The van der Waals surface area contributed by atoms with Gasteiger partial charge in [0.25, 0.3) is 11.8 Å². The lowest BCUT2D eigenvalue weighted by molar-refractivity contribution is 0.0792. The molecule has 0 radical (unpaired) electrons. The highest BCUT2D eigenvalue weighted by Gasteiger charge is 2.25. The SMILES string of the molecule is Cn1cc(C(=O)NC2CCN(C(=O)Nc3ccc(C(=O)N4CCCC4)cc3)CC2)cn1. The number of likely N-dealkylation sites (tertiary alicyclic amines) is 2. The van der Waals surface area contributed by atoms with Gasteiger partial charge in [-0.3, -0.25) is 14.3 Å². The van der Waals surface area contributed by atoms with Gasteiger partial charge in [-0.1, -0.05) is 0 Å². The molecule has 0 bridgehead atoms. The van der Waals surface area contributed by atoms with Crippen LogP contribution in [0.3, 0.4) is 0 Å². The van der Waals surface area contributed by atoms with Gasteiger partial charge in [-0.25, -0.2) is 4.79 Å². The smallest absolute Gasteiger partial charge is 0.321 e. The number of carbonyl (C=O) groups is 3. The minimum atomic E-state index is -0.171. The molecule has 9 nitrogen and oxygen atoms in total. The Morgan fingerprint density at radius 1 is 0.935 bits per heavy atom. The van der Waals surface area contributed by atoms with Gasteiger partial charge in [0.1, 0.15) is 0 Å². The number of aromatic nitrogens is 2. The van der Waals surface area contributed by atoms with Gasteiger partial charge in [-0.2, -0.15) is 5.10 Å². The van der Waals surface area contributed by atoms with Crippen LogP contribution in [0.4, 0.5) is 10.5 Å². The van der Waals surface area contributed by atoms with Crippen LogP contribution in [-0.4, -0.2) is 69.6 Å². The van der Waals surface area contributed by atoms with Gasteiger partial charge >= 0.3 is 6.03 Å². The summed E-state index contributed by atoms with van der Waals surface area (Å²) in [5.41, 5.74) is 1.84. The van der Waals surface area contributed by atoms with E-state index in [4.69, 9.17) is 0 Å². The van der Waals surface area contributed by atoms with Crippen LogP contribution in [0.1, 0.15) is 46.4 Å². The van der Waals surface area contributed by atoms with Crippen LogP contribution in [0.2, 0.25) is 0 Å². The zero-order valence-electron chi connectivity index (χ0n) is 17.7. The molecular formula is C22H28N6O3. The summed E-state index contributed by atoms with van der Waals surface area (Å²) in [6.45, 7) is 2.76. The highest BCUT2D eigenvalue weighted by atomic mass is 16.2. The highest BCUT2D eigenvalue weighted by molar-refractivity contribution is 5.96. The molecule has 2 aromatic rings. The quantitative estimate of drug-likeness (QED) is 0.785. The van der Waals surface area contributed by atoms with E-state index in [1.807, 2.05) is 4.90 Å². The summed E-state index contributed by atoms with van der Waals surface area (Å²) in [5, 5.41) is 9.92. The van der Waals surface area contributed by atoms with Crippen molar-refractivity contribution in [1.29, 1.82) is 0 Å². The van der Waals surface area contributed by atoms with Crippen LogP contribution < -0.4 is 10.6 Å². The fourth-order valence-corrected chi connectivity index (χ4v) is 4.04. The van der Waals surface area contributed by atoms with Crippen molar-refractivity contribution in [3.63, 3.8) is 0 Å². The summed E-state index contributed by atoms with van der Waals surface area (Å²) in [5.74, 6) is -0.0923. The van der Waals surface area contributed by atoms with Crippen LogP contribution in [0.5, 0.6) is 0 Å². The Labute approximate surface area is 181 Å². The second-order valence-corrected chi connectivity index (χ2v) is 8.14. The van der Waals surface area contributed by atoms with E-state index in [0.717, 1.165) is 25.9 Å². The maximum Gasteiger partial charge on any atom is 0.321 e. The minimum absolute atomic E-state index is 0.0349. The first-order chi connectivity index (χ1) is 15.0. The number of anilines is 1. The van der Waals surface area contributed by atoms with E-state index in [-0.39, 0.29) is 23.9 Å². The number of aryl methyl sites for hydroxylation is 1. The molecule has 0 atom stereocenters. The first kappa shape index (κ1) is 20.9. The van der Waals surface area contributed by atoms with Crippen LogP contribution in [0.15, 0.2) is 36.7 Å². The van der Waals surface area contributed by atoms with E-state index < -0.39 is 0 Å². The fraction of sp³-hybridized carbons (Fsp3) is 0.455. The van der Waals surface area contributed by atoms with E-state index in [1.54, 1.807) is 53.3 Å². The van der Waals surface area contributed by atoms with Gasteiger partial charge in [0.15, 0.2) is 0 Å². The minimum Gasteiger partial charge on any atom is -0.349 e. The van der Waals surface area contributed by atoms with Gasteiger partial charge in [-0.15, -0.1) is 0 Å². The summed E-state index contributed by atoms with van der Waals surface area (Å²) in [6.07, 6.45) is 6.74. The van der Waals surface area contributed by atoms with E-state index in [9.17, 15) is 14.4 Å². The molecule has 2 saturated heterocycles. The average Bonchev–Trinajstić information content (AvgIpc) is 3.46. The predicted molar refractivity (Wildman–Crippen MR) is 116 cm³/mol. The van der Waals surface area contributed by atoms with E-state index in [2.05, 4.69) is 15.7 Å². The number of carbonyl (C=O) groups excluding carboxylic acids is 3. The standard InChI is InChI=1S/C22H28N6O3/c1-26-15-17(14-23-26)20(29)24-19-8-12-28(13-9-19)22(31)25-18-6-4-16(5-7-18)21(30)27-10-2-3-11-27/h4-7,14-15,19H,2-3,8-13H2,1H3,(H,24,29)(H,25,31). The third-order valence-electron chi connectivity index (χ3n) is 5.86. The number of urea groups is 1. The largest absolute Gasteiger partial charge is 0.349 e. The zero-order chi connectivity index (χ0) is 21.8. The molecule has 0 aliphatic carbocycles. The molecule has 2 fully saturated rings. The Morgan fingerprint density at radius 2 is 1.61 bits per heavy atom. The molecule has 4 rings (SSSR count). The number of piperidine rings is 1. The van der Waals surface area contributed by atoms with Gasteiger partial charge in [0, 0.05) is 56.7 Å². The lowest BCUT2D eigenvalue weighted by Gasteiger charge is -2.32. The zero-order valence-corrected chi connectivity index (χ0v) is 17.7. The first-order valence-electron chi connectivity index (χ1n) is 10.7. The van der Waals surface area contributed by atoms with Gasteiger partial charge in [0.2, 0.25) is 0 Å². The Hall–Kier alpha value is -3.36. The summed E-state index contributed by atoms with van der Waals surface area (Å²) in [4.78, 5) is 40.9. The Morgan fingerprint density at radius 3 is 2.23 bits per heavy atom. The fourth-order valence-electron chi connectivity index (χ4n) is 4.04. The summed E-state index contributed by atoms with van der Waals surface area (Å²) in [7, 11) is 1.77. The second kappa shape index (κ2) is 9.20. The molecule has 3 heterocycles. The number of hydrogen-bond acceptors (Lipinski definition) is 4. The molecule has 31 heavy (non-hydrogen) atoms. The molecule has 0 saturated carbocycles. The Kier molecular flexibility index (Phi) is 6.20. The average molecular weight is 425 g/mol. The Balaban J connectivity index is 1.24. The van der Waals surface area contributed by atoms with Gasteiger partial charge in [0.05, 0.1) is 11.8 Å². The lowest BCUT2D eigenvalue weighted by Crippen LogP contribution is -2.47. The molecule has 164 valence electrons. The molecule has 0 unspecified atom stereocenters. The van der Waals surface area contributed by atoms with Crippen molar-refractivity contribution in [3.05, 3.63) is 47.8 Å². The molecule has 2 N–H and O–H groups in total. The van der Waals surface area contributed by atoms with Crippen molar-refractivity contribution in [2.24, 2.45) is 7.05 Å². The third-order valence-corrected chi connectivity index (χ3v) is 5.86. The number of nitrogens with one attached hydrogen (secondary N) is 2. The third kappa shape index (κ3) is 5.04. The first-order valence-corrected chi connectivity index (χ1v) is 10.7. The second-order valence-electron chi connectivity index (χ2n) is 8.14. The van der Waals surface area contributed by atoms with Gasteiger partial charge in [-0.05, 0) is 49.9 Å². The molecule has 2 aliphatic heterocycles. The maximum absolute atomic E-state index is 12.6. The van der Waals surface area contributed by atoms with Crippen LogP contribution in [0.25, 0.3) is 0 Å². The predicted octanol–water partition coefficient (Wildman–Crippen LogP) is 2.08. The summed E-state index contributed by atoms with van der Waals surface area (Å²) in [6, 6.07) is 6.92. The number of nitrogens with zero attached hydrogens (tertiary/aromatic N) is 4. The van der Waals surface area contributed by atoms with Crippen molar-refractivity contribution in [2.75, 3.05) is 31.5 Å². The van der Waals surface area contributed by atoms with Crippen molar-refractivity contribution >= 4 is 23.5 Å². The normalized spacial score (nSPS) is 16.9. The number of hydrogen-bond donors (Lipinski definition) is 2. The van der Waals surface area contributed by atoms with Crippen molar-refractivity contribution in [3.8, 4) is 0 Å². The number of rotatable bonds is 4. The van der Waals surface area contributed by atoms with Crippen molar-refractivity contribution in [1.82, 2.24) is 24.9 Å². The van der Waals surface area contributed by atoms with Crippen molar-refractivity contribution in [2.45, 2.75) is 31.7 Å². The highest BCUT2D eigenvalue weighted by Crippen LogP contribution is 2.17. The van der Waals surface area contributed by atoms with Crippen LogP contribution >= 0.6 is 0 Å². The van der Waals surface area contributed by atoms with Crippen LogP contribution in [-0.2, 0) is 7.05 Å². The topological polar surface area (TPSA) is 99.6 Å². The molecule has 9 heteroatoms. The molecular weight excluding hydrogens is 396 g/mol. The molecule has 4 amide bonds. The molecule has 1 aromatic heterocycles. The number of benzene rings is 1. The van der Waals surface area contributed by atoms with E-state index in [1.165, 1.54) is 0 Å².